The zero-order valence-electron chi connectivity index (χ0n) is 14.0. The average molecular weight is 343 g/mol. The van der Waals surface area contributed by atoms with Crippen LogP contribution in [-0.4, -0.2) is 31.3 Å². The highest BCUT2D eigenvalue weighted by atomic mass is 16.6. The highest BCUT2D eigenvalue weighted by Gasteiger charge is 2.14. The summed E-state index contributed by atoms with van der Waals surface area (Å²) in [6.45, 7) is 1.60. The van der Waals surface area contributed by atoms with Gasteiger partial charge >= 0.3 is 0 Å². The van der Waals surface area contributed by atoms with Crippen molar-refractivity contribution in [2.45, 2.75) is 6.92 Å². The molecule has 0 aromatic heterocycles. The normalized spacial score (nSPS) is 10.5. The Morgan fingerprint density at radius 1 is 1.24 bits per heavy atom. The number of hydrogen-bond acceptors (Lipinski definition) is 6. The standard InChI is InChI=1S/C17H17N3O5/c1-11-7-8-12(9-14(11)20(22)23)17(21)19-18-10-13-5-4-6-15(24-2)16(13)25-3/h4-10H,1-3H3,(H,19,21). The first-order valence-electron chi connectivity index (χ1n) is 7.27. The van der Waals surface area contributed by atoms with Gasteiger partial charge in [-0.1, -0.05) is 12.1 Å². The van der Waals surface area contributed by atoms with E-state index in [2.05, 4.69) is 10.5 Å². The zero-order chi connectivity index (χ0) is 18.4. The van der Waals surface area contributed by atoms with Gasteiger partial charge in [0, 0.05) is 22.8 Å². The third-order valence-corrected chi connectivity index (χ3v) is 3.47. The molecule has 0 aliphatic carbocycles. The smallest absolute Gasteiger partial charge is 0.273 e. The first-order chi connectivity index (χ1) is 12.0. The van der Waals surface area contributed by atoms with Gasteiger partial charge in [-0.05, 0) is 25.1 Å². The highest BCUT2D eigenvalue weighted by molar-refractivity contribution is 5.96. The molecule has 0 unspecified atom stereocenters. The van der Waals surface area contributed by atoms with Crippen LogP contribution in [0.15, 0.2) is 41.5 Å². The molecular formula is C17H17N3O5. The van der Waals surface area contributed by atoms with Crippen LogP contribution in [0.3, 0.4) is 0 Å². The molecule has 0 spiro atoms. The topological polar surface area (TPSA) is 103 Å². The number of nitro benzene ring substituents is 1. The van der Waals surface area contributed by atoms with Crippen molar-refractivity contribution in [3.63, 3.8) is 0 Å². The number of carbonyl (C=O) groups is 1. The Morgan fingerprint density at radius 3 is 2.64 bits per heavy atom. The summed E-state index contributed by atoms with van der Waals surface area (Å²) in [5.41, 5.74) is 3.45. The lowest BCUT2D eigenvalue weighted by molar-refractivity contribution is -0.385. The highest BCUT2D eigenvalue weighted by Crippen LogP contribution is 2.29. The van der Waals surface area contributed by atoms with Gasteiger partial charge in [-0.15, -0.1) is 0 Å². The minimum Gasteiger partial charge on any atom is -0.493 e. The number of nitrogens with zero attached hydrogens (tertiary/aromatic N) is 2. The van der Waals surface area contributed by atoms with E-state index in [4.69, 9.17) is 9.47 Å². The van der Waals surface area contributed by atoms with Crippen molar-refractivity contribution < 1.29 is 19.2 Å². The number of hydrogen-bond donors (Lipinski definition) is 1. The van der Waals surface area contributed by atoms with Crippen LogP contribution in [0.4, 0.5) is 5.69 Å². The van der Waals surface area contributed by atoms with Gasteiger partial charge in [0.2, 0.25) is 0 Å². The number of carbonyl (C=O) groups excluding carboxylic acids is 1. The predicted octanol–water partition coefficient (Wildman–Crippen LogP) is 2.68. The Morgan fingerprint density at radius 2 is 2.00 bits per heavy atom. The number of nitro groups is 1. The Labute approximate surface area is 144 Å². The van der Waals surface area contributed by atoms with Crippen LogP contribution in [0.25, 0.3) is 0 Å². The summed E-state index contributed by atoms with van der Waals surface area (Å²) in [4.78, 5) is 22.5. The van der Waals surface area contributed by atoms with E-state index in [1.54, 1.807) is 25.1 Å². The Hall–Kier alpha value is -3.42. The molecule has 0 heterocycles. The molecule has 0 saturated carbocycles. The van der Waals surface area contributed by atoms with Crippen LogP contribution in [0, 0.1) is 17.0 Å². The Kier molecular flexibility index (Phi) is 5.67. The van der Waals surface area contributed by atoms with E-state index in [0.29, 0.717) is 22.6 Å². The van der Waals surface area contributed by atoms with E-state index in [1.807, 2.05) is 0 Å². The van der Waals surface area contributed by atoms with Gasteiger partial charge in [0.05, 0.1) is 25.4 Å². The number of aryl methyl sites for hydroxylation is 1. The van der Waals surface area contributed by atoms with Crippen LogP contribution in [-0.2, 0) is 0 Å². The van der Waals surface area contributed by atoms with Gasteiger partial charge in [-0.25, -0.2) is 5.43 Å². The molecule has 130 valence electrons. The maximum absolute atomic E-state index is 12.1. The van der Waals surface area contributed by atoms with Gasteiger partial charge in [-0.2, -0.15) is 5.10 Å². The summed E-state index contributed by atoms with van der Waals surface area (Å²) in [6.07, 6.45) is 1.40. The first-order valence-corrected chi connectivity index (χ1v) is 7.27. The van der Waals surface area contributed by atoms with Crippen molar-refractivity contribution in [2.75, 3.05) is 14.2 Å². The minimum atomic E-state index is -0.554. The lowest BCUT2D eigenvalue weighted by atomic mass is 10.1. The number of para-hydroxylation sites is 1. The van der Waals surface area contributed by atoms with Crippen molar-refractivity contribution in [3.05, 3.63) is 63.2 Å². The van der Waals surface area contributed by atoms with Gasteiger partial charge < -0.3 is 9.47 Å². The lowest BCUT2D eigenvalue weighted by Crippen LogP contribution is -2.18. The van der Waals surface area contributed by atoms with Crippen molar-refractivity contribution in [3.8, 4) is 11.5 Å². The molecule has 2 rings (SSSR count). The third-order valence-electron chi connectivity index (χ3n) is 3.47. The molecule has 8 heteroatoms. The molecule has 2 aromatic carbocycles. The number of ether oxygens (including phenoxy) is 2. The maximum atomic E-state index is 12.1. The van der Waals surface area contributed by atoms with Crippen molar-refractivity contribution in [1.82, 2.24) is 5.43 Å². The molecule has 0 aliphatic heterocycles. The largest absolute Gasteiger partial charge is 0.493 e. The quantitative estimate of drug-likeness (QED) is 0.493. The van der Waals surface area contributed by atoms with E-state index in [-0.39, 0.29) is 11.3 Å². The molecule has 2 aromatic rings. The molecule has 0 aliphatic rings. The Bertz CT molecular complexity index is 833. The number of methoxy groups -OCH3 is 2. The van der Waals surface area contributed by atoms with Crippen LogP contribution in [0.1, 0.15) is 21.5 Å². The molecule has 0 radical (unpaired) electrons. The summed E-state index contributed by atoms with van der Waals surface area (Å²) in [7, 11) is 3.02. The maximum Gasteiger partial charge on any atom is 0.273 e. The fraction of sp³-hybridized carbons (Fsp3) is 0.176. The van der Waals surface area contributed by atoms with E-state index in [0.717, 1.165) is 0 Å². The Balaban J connectivity index is 2.16. The average Bonchev–Trinajstić information content (AvgIpc) is 2.61. The van der Waals surface area contributed by atoms with E-state index in [9.17, 15) is 14.9 Å². The summed E-state index contributed by atoms with van der Waals surface area (Å²) in [5, 5.41) is 14.8. The fourth-order valence-electron chi connectivity index (χ4n) is 2.19. The minimum absolute atomic E-state index is 0.119. The zero-order valence-corrected chi connectivity index (χ0v) is 14.0. The molecular weight excluding hydrogens is 326 g/mol. The summed E-state index contributed by atoms with van der Waals surface area (Å²) in [5.74, 6) is 0.460. The molecule has 1 amide bonds. The SMILES string of the molecule is COc1cccc(C=NNC(=O)c2ccc(C)c([N+](=O)[O-])c2)c1OC. The van der Waals surface area contributed by atoms with Gasteiger partial charge in [0.15, 0.2) is 11.5 Å². The number of nitrogens with one attached hydrogen (secondary N) is 1. The van der Waals surface area contributed by atoms with E-state index >= 15 is 0 Å². The monoisotopic (exact) mass is 343 g/mol. The molecule has 0 atom stereocenters. The summed E-state index contributed by atoms with van der Waals surface area (Å²) < 4.78 is 10.4. The van der Waals surface area contributed by atoms with Crippen molar-refractivity contribution in [2.24, 2.45) is 5.10 Å². The summed E-state index contributed by atoms with van der Waals surface area (Å²) >= 11 is 0. The second kappa shape index (κ2) is 7.91. The molecule has 25 heavy (non-hydrogen) atoms. The van der Waals surface area contributed by atoms with Crippen LogP contribution >= 0.6 is 0 Å². The number of amides is 1. The molecule has 1 N–H and O–H groups in total. The van der Waals surface area contributed by atoms with Crippen molar-refractivity contribution in [1.29, 1.82) is 0 Å². The number of rotatable bonds is 6. The van der Waals surface area contributed by atoms with Crippen molar-refractivity contribution >= 4 is 17.8 Å². The predicted molar refractivity (Wildman–Crippen MR) is 92.4 cm³/mol. The van der Waals surface area contributed by atoms with Gasteiger partial charge in [0.25, 0.3) is 11.6 Å². The van der Waals surface area contributed by atoms with Crippen LogP contribution < -0.4 is 14.9 Å². The van der Waals surface area contributed by atoms with Gasteiger partial charge in [-0.3, -0.25) is 14.9 Å². The molecule has 0 bridgehead atoms. The number of hydrazone groups is 1. The second-order valence-corrected chi connectivity index (χ2v) is 5.04. The third kappa shape index (κ3) is 4.11. The van der Waals surface area contributed by atoms with Crippen LogP contribution in [0.2, 0.25) is 0 Å². The van der Waals surface area contributed by atoms with E-state index in [1.165, 1.54) is 38.6 Å². The van der Waals surface area contributed by atoms with Crippen LogP contribution in [0.5, 0.6) is 11.5 Å². The molecule has 0 saturated heterocycles. The second-order valence-electron chi connectivity index (χ2n) is 5.04. The van der Waals surface area contributed by atoms with E-state index < -0.39 is 10.8 Å². The summed E-state index contributed by atoms with van der Waals surface area (Å²) in [6, 6.07) is 9.47. The molecule has 8 nitrogen and oxygen atoms in total. The van der Waals surface area contributed by atoms with Gasteiger partial charge in [0.1, 0.15) is 0 Å². The first kappa shape index (κ1) is 17.9. The lowest BCUT2D eigenvalue weighted by Gasteiger charge is -2.09. The number of benzene rings is 2. The fourth-order valence-corrected chi connectivity index (χ4v) is 2.19. The molecule has 0 fully saturated rings.